The van der Waals surface area contributed by atoms with Gasteiger partial charge in [0.05, 0.1) is 0 Å². The van der Waals surface area contributed by atoms with Crippen LogP contribution in [0.1, 0.15) is 26.7 Å². The van der Waals surface area contributed by atoms with Gasteiger partial charge < -0.3 is 24.6 Å². The molecule has 0 saturated heterocycles. The molecule has 0 aliphatic carbocycles. The molecule has 1 heterocycles. The van der Waals surface area contributed by atoms with Crippen LogP contribution < -0.4 is 10.1 Å². The van der Waals surface area contributed by atoms with Gasteiger partial charge in [0.25, 0.3) is 0 Å². The maximum atomic E-state index is 11.4. The van der Waals surface area contributed by atoms with Crippen molar-refractivity contribution in [3.8, 4) is 5.75 Å². The largest absolute Gasteiger partial charge is 0.463 e. The molecular weight excluding hydrogens is 326 g/mol. The molecule has 0 fully saturated rings. The van der Waals surface area contributed by atoms with Crippen molar-refractivity contribution in [3.63, 3.8) is 0 Å². The number of hydrogen-bond acceptors (Lipinski definition) is 6. The molecule has 2 rings (SSSR count). The van der Waals surface area contributed by atoms with Crippen LogP contribution in [0.2, 0.25) is 0 Å². The van der Waals surface area contributed by atoms with E-state index >= 15 is 0 Å². The van der Waals surface area contributed by atoms with Crippen molar-refractivity contribution in [1.29, 1.82) is 0 Å². The molecule has 1 amide bonds. The third-order valence-corrected chi connectivity index (χ3v) is 3.44. The summed E-state index contributed by atoms with van der Waals surface area (Å²) in [5, 5.41) is 12.6. The Balaban J connectivity index is 1.88. The van der Waals surface area contributed by atoms with Gasteiger partial charge in [0.15, 0.2) is 0 Å². The van der Waals surface area contributed by atoms with E-state index in [2.05, 4.69) is 5.32 Å². The van der Waals surface area contributed by atoms with E-state index in [4.69, 9.17) is 14.2 Å². The molecular formula is C18H23NO6. The number of carbonyl (C=O) groups excluding carboxylic acids is 2. The molecule has 1 aliphatic rings. The van der Waals surface area contributed by atoms with Gasteiger partial charge in [-0.1, -0.05) is 13.0 Å². The number of aliphatic hydroxyl groups excluding tert-OH is 1. The summed E-state index contributed by atoms with van der Waals surface area (Å²) in [7, 11) is 0. The minimum Gasteiger partial charge on any atom is -0.463 e. The lowest BCUT2D eigenvalue weighted by atomic mass is 10.1. The zero-order valence-corrected chi connectivity index (χ0v) is 14.3. The highest BCUT2D eigenvalue weighted by Crippen LogP contribution is 2.21. The summed E-state index contributed by atoms with van der Waals surface area (Å²) in [6.07, 6.45) is 1.93. The summed E-state index contributed by atoms with van der Waals surface area (Å²) in [5.74, 6) is 0.0717. The highest BCUT2D eigenvalue weighted by Gasteiger charge is 2.28. The lowest BCUT2D eigenvalue weighted by molar-refractivity contribution is -0.167. The Kier molecular flexibility index (Phi) is 6.97. The Hall–Kier alpha value is -2.38. The molecule has 2 N–H and O–H groups in total. The number of amides is 1. The minimum absolute atomic E-state index is 0.0360. The van der Waals surface area contributed by atoms with Crippen molar-refractivity contribution in [3.05, 3.63) is 36.4 Å². The van der Waals surface area contributed by atoms with Gasteiger partial charge in [-0.2, -0.15) is 0 Å². The Morgan fingerprint density at radius 3 is 2.60 bits per heavy atom. The first kappa shape index (κ1) is 19.0. The number of nitrogens with one attached hydrogen (secondary N) is 1. The number of benzene rings is 1. The molecule has 136 valence electrons. The van der Waals surface area contributed by atoms with Crippen LogP contribution in [-0.4, -0.2) is 42.1 Å². The van der Waals surface area contributed by atoms with Gasteiger partial charge in [0.1, 0.15) is 24.6 Å². The lowest BCUT2D eigenvalue weighted by Gasteiger charge is -2.29. The maximum absolute atomic E-state index is 11.4. The van der Waals surface area contributed by atoms with Crippen molar-refractivity contribution in [2.75, 3.05) is 11.9 Å². The molecule has 0 radical (unpaired) electrons. The standard InChI is InChI=1S/C18H23NO6/c1-3-4-17(22)23-11-16-15(21)9-10-18(25-16)24-14-7-5-13(6-8-14)19-12(2)20/h5-10,15-16,18,21H,3-4,11H2,1-2H3,(H,19,20). The summed E-state index contributed by atoms with van der Waals surface area (Å²) in [4.78, 5) is 22.4. The van der Waals surface area contributed by atoms with Crippen LogP contribution >= 0.6 is 0 Å². The van der Waals surface area contributed by atoms with Gasteiger partial charge >= 0.3 is 5.97 Å². The van der Waals surface area contributed by atoms with Gasteiger partial charge in [-0.3, -0.25) is 9.59 Å². The second-order valence-corrected chi connectivity index (χ2v) is 5.67. The Morgan fingerprint density at radius 2 is 1.96 bits per heavy atom. The Morgan fingerprint density at radius 1 is 1.24 bits per heavy atom. The van der Waals surface area contributed by atoms with E-state index in [1.165, 1.54) is 6.92 Å². The molecule has 1 aliphatic heterocycles. The summed E-state index contributed by atoms with van der Waals surface area (Å²) in [6.45, 7) is 3.28. The fourth-order valence-electron chi connectivity index (χ4n) is 2.24. The summed E-state index contributed by atoms with van der Waals surface area (Å²) in [6, 6.07) is 6.82. The van der Waals surface area contributed by atoms with Gasteiger partial charge in [0, 0.05) is 19.0 Å². The number of anilines is 1. The van der Waals surface area contributed by atoms with Crippen LogP contribution in [0.25, 0.3) is 0 Å². The number of carbonyl (C=O) groups is 2. The molecule has 0 aromatic heterocycles. The molecule has 0 saturated carbocycles. The van der Waals surface area contributed by atoms with Gasteiger partial charge in [-0.05, 0) is 36.8 Å². The van der Waals surface area contributed by atoms with Gasteiger partial charge in [-0.25, -0.2) is 0 Å². The molecule has 0 spiro atoms. The second kappa shape index (κ2) is 9.19. The summed E-state index contributed by atoms with van der Waals surface area (Å²) in [5.41, 5.74) is 0.663. The quantitative estimate of drug-likeness (QED) is 0.578. The Labute approximate surface area is 146 Å². The van der Waals surface area contributed by atoms with E-state index in [0.717, 1.165) is 0 Å². The number of ether oxygens (including phenoxy) is 3. The van der Waals surface area contributed by atoms with Crippen LogP contribution in [0, 0.1) is 0 Å². The molecule has 7 nitrogen and oxygen atoms in total. The number of rotatable bonds is 7. The number of aliphatic hydroxyl groups is 1. The highest BCUT2D eigenvalue weighted by molar-refractivity contribution is 5.88. The number of hydrogen-bond donors (Lipinski definition) is 2. The highest BCUT2D eigenvalue weighted by atomic mass is 16.7. The zero-order valence-electron chi connectivity index (χ0n) is 14.3. The SMILES string of the molecule is CCCC(=O)OCC1OC(Oc2ccc(NC(C)=O)cc2)C=CC1O. The molecule has 1 aromatic rings. The maximum Gasteiger partial charge on any atom is 0.305 e. The summed E-state index contributed by atoms with van der Waals surface area (Å²) < 4.78 is 16.4. The van der Waals surface area contributed by atoms with E-state index in [1.54, 1.807) is 36.4 Å². The predicted molar refractivity (Wildman–Crippen MR) is 91.0 cm³/mol. The average Bonchev–Trinajstić information content (AvgIpc) is 2.57. The molecule has 3 unspecified atom stereocenters. The first-order valence-electron chi connectivity index (χ1n) is 8.19. The normalized spacial score (nSPS) is 22.3. The zero-order chi connectivity index (χ0) is 18.2. The first-order valence-corrected chi connectivity index (χ1v) is 8.19. The van der Waals surface area contributed by atoms with Crippen molar-refractivity contribution >= 4 is 17.6 Å². The predicted octanol–water partition coefficient (Wildman–Crippen LogP) is 2.01. The fourth-order valence-corrected chi connectivity index (χ4v) is 2.24. The van der Waals surface area contributed by atoms with Crippen LogP contribution in [0.15, 0.2) is 36.4 Å². The molecule has 25 heavy (non-hydrogen) atoms. The van der Waals surface area contributed by atoms with E-state index in [0.29, 0.717) is 24.3 Å². The van der Waals surface area contributed by atoms with Crippen LogP contribution in [0.5, 0.6) is 5.75 Å². The van der Waals surface area contributed by atoms with Gasteiger partial charge in [-0.15, -0.1) is 0 Å². The third kappa shape index (κ3) is 6.21. The first-order chi connectivity index (χ1) is 12.0. The second-order valence-electron chi connectivity index (χ2n) is 5.67. The van der Waals surface area contributed by atoms with Crippen molar-refractivity contribution < 1.29 is 28.9 Å². The van der Waals surface area contributed by atoms with Gasteiger partial charge in [0.2, 0.25) is 12.2 Å². The molecule has 7 heteroatoms. The van der Waals surface area contributed by atoms with E-state index in [-0.39, 0.29) is 18.5 Å². The molecule has 0 bridgehead atoms. The Bertz CT molecular complexity index is 612. The van der Waals surface area contributed by atoms with Crippen molar-refractivity contribution in [2.24, 2.45) is 0 Å². The lowest BCUT2D eigenvalue weighted by Crippen LogP contribution is -2.41. The minimum atomic E-state index is -0.864. The van der Waals surface area contributed by atoms with Crippen LogP contribution in [0.3, 0.4) is 0 Å². The van der Waals surface area contributed by atoms with Crippen molar-refractivity contribution in [2.45, 2.75) is 45.2 Å². The van der Waals surface area contributed by atoms with Crippen LogP contribution in [-0.2, 0) is 19.1 Å². The monoisotopic (exact) mass is 349 g/mol. The van der Waals surface area contributed by atoms with E-state index in [9.17, 15) is 14.7 Å². The van der Waals surface area contributed by atoms with E-state index in [1.807, 2.05) is 6.92 Å². The van der Waals surface area contributed by atoms with Crippen molar-refractivity contribution in [1.82, 2.24) is 0 Å². The van der Waals surface area contributed by atoms with Crippen LogP contribution in [0.4, 0.5) is 5.69 Å². The smallest absolute Gasteiger partial charge is 0.305 e. The topological polar surface area (TPSA) is 94.1 Å². The average molecular weight is 349 g/mol. The molecule has 1 aromatic carbocycles. The number of esters is 1. The van der Waals surface area contributed by atoms with E-state index < -0.39 is 18.5 Å². The fraction of sp³-hybridized carbons (Fsp3) is 0.444. The summed E-state index contributed by atoms with van der Waals surface area (Å²) >= 11 is 0. The molecule has 3 atom stereocenters. The third-order valence-electron chi connectivity index (χ3n) is 3.44.